The molecule has 0 unspecified atom stereocenters. The second-order valence-corrected chi connectivity index (χ2v) is 4.11. The van der Waals surface area contributed by atoms with Crippen molar-refractivity contribution >= 4 is 11.6 Å². The van der Waals surface area contributed by atoms with E-state index < -0.39 is 11.7 Å². The molecular weight excluding hydrogens is 293 g/mol. The molecule has 0 fully saturated rings. The number of hydrogen-bond donors (Lipinski definition) is 0. The summed E-state index contributed by atoms with van der Waals surface area (Å²) in [6.45, 7) is 0. The van der Waals surface area contributed by atoms with Crippen LogP contribution in [-0.4, -0.2) is 4.98 Å². The Morgan fingerprint density at radius 3 is 2.55 bits per heavy atom. The lowest BCUT2D eigenvalue weighted by Gasteiger charge is -2.10. The van der Waals surface area contributed by atoms with Crippen molar-refractivity contribution in [3.8, 4) is 17.7 Å². The van der Waals surface area contributed by atoms with Crippen LogP contribution in [0.2, 0.25) is 5.15 Å². The zero-order valence-electron chi connectivity index (χ0n) is 9.78. The van der Waals surface area contributed by atoms with Crippen molar-refractivity contribution in [1.82, 2.24) is 4.98 Å². The van der Waals surface area contributed by atoms with Gasteiger partial charge in [0.2, 0.25) is 5.88 Å². The molecule has 102 valence electrons. The first-order chi connectivity index (χ1) is 9.40. The van der Waals surface area contributed by atoms with E-state index >= 15 is 0 Å². The lowest BCUT2D eigenvalue weighted by atomic mass is 10.2. The van der Waals surface area contributed by atoms with Gasteiger partial charge in [-0.1, -0.05) is 23.7 Å². The van der Waals surface area contributed by atoms with Crippen molar-refractivity contribution in [2.75, 3.05) is 0 Å². The zero-order valence-corrected chi connectivity index (χ0v) is 10.5. The summed E-state index contributed by atoms with van der Waals surface area (Å²) in [6, 6.07) is 9.42. The summed E-state index contributed by atoms with van der Waals surface area (Å²) in [4.78, 5) is 3.65. The third-order valence-electron chi connectivity index (χ3n) is 2.32. The predicted octanol–water partition coefficient (Wildman–Crippen LogP) is 4.42. The molecule has 0 bridgehead atoms. The van der Waals surface area contributed by atoms with E-state index in [4.69, 9.17) is 21.6 Å². The van der Waals surface area contributed by atoms with Gasteiger partial charge >= 0.3 is 6.18 Å². The monoisotopic (exact) mass is 298 g/mol. The van der Waals surface area contributed by atoms with Crippen LogP contribution in [0.25, 0.3) is 0 Å². The Hall–Kier alpha value is -2.26. The van der Waals surface area contributed by atoms with Gasteiger partial charge in [-0.25, -0.2) is 4.98 Å². The van der Waals surface area contributed by atoms with Crippen LogP contribution >= 0.6 is 11.6 Å². The number of alkyl halides is 3. The minimum atomic E-state index is -4.56. The highest BCUT2D eigenvalue weighted by Gasteiger charge is 2.32. The summed E-state index contributed by atoms with van der Waals surface area (Å²) in [6.07, 6.45) is -4.56. The average Bonchev–Trinajstić information content (AvgIpc) is 2.37. The third-order valence-corrected chi connectivity index (χ3v) is 2.51. The molecule has 0 aliphatic rings. The van der Waals surface area contributed by atoms with Gasteiger partial charge in [-0.15, -0.1) is 0 Å². The number of benzene rings is 1. The quantitative estimate of drug-likeness (QED) is 0.771. The summed E-state index contributed by atoms with van der Waals surface area (Å²) in [5, 5.41) is 8.54. The van der Waals surface area contributed by atoms with E-state index in [1.54, 1.807) is 12.1 Å². The van der Waals surface area contributed by atoms with Gasteiger partial charge in [0, 0.05) is 6.07 Å². The Bertz CT molecular complexity index is 680. The van der Waals surface area contributed by atoms with Crippen molar-refractivity contribution in [1.29, 1.82) is 5.26 Å². The number of nitrogens with zero attached hydrogens (tertiary/aromatic N) is 2. The fourth-order valence-corrected chi connectivity index (χ4v) is 1.65. The maximum absolute atomic E-state index is 12.6. The van der Waals surface area contributed by atoms with Crippen molar-refractivity contribution < 1.29 is 17.9 Å². The molecule has 0 atom stereocenters. The molecule has 0 saturated heterocycles. The molecule has 0 saturated carbocycles. The maximum Gasteiger partial charge on any atom is 0.416 e. The molecule has 1 heterocycles. The van der Waals surface area contributed by atoms with Crippen molar-refractivity contribution in [2.24, 2.45) is 0 Å². The maximum atomic E-state index is 12.6. The van der Waals surface area contributed by atoms with Crippen LogP contribution < -0.4 is 4.74 Å². The number of ether oxygens (including phenoxy) is 1. The first kappa shape index (κ1) is 14.2. The molecular formula is C13H6ClF3N2O. The van der Waals surface area contributed by atoms with Gasteiger partial charge < -0.3 is 4.74 Å². The molecule has 0 amide bonds. The first-order valence-corrected chi connectivity index (χ1v) is 5.70. The minimum absolute atomic E-state index is 0.109. The van der Waals surface area contributed by atoms with E-state index in [0.717, 1.165) is 6.07 Å². The summed E-state index contributed by atoms with van der Waals surface area (Å²) < 4.78 is 43.1. The second kappa shape index (κ2) is 5.39. The highest BCUT2D eigenvalue weighted by Crippen LogP contribution is 2.34. The molecule has 20 heavy (non-hydrogen) atoms. The van der Waals surface area contributed by atoms with Gasteiger partial charge in [0.1, 0.15) is 17.0 Å². The first-order valence-electron chi connectivity index (χ1n) is 5.32. The third kappa shape index (κ3) is 3.19. The molecule has 0 N–H and O–H groups in total. The number of pyridine rings is 1. The van der Waals surface area contributed by atoms with E-state index in [0.29, 0.717) is 6.07 Å². The van der Waals surface area contributed by atoms with Crippen LogP contribution in [0.5, 0.6) is 11.6 Å². The molecule has 0 radical (unpaired) electrons. The number of para-hydroxylation sites is 1. The van der Waals surface area contributed by atoms with Crippen LogP contribution in [-0.2, 0) is 6.18 Å². The number of rotatable bonds is 2. The molecule has 0 aliphatic carbocycles. The summed E-state index contributed by atoms with van der Waals surface area (Å²) in [7, 11) is 0. The summed E-state index contributed by atoms with van der Waals surface area (Å²) >= 11 is 5.54. The van der Waals surface area contributed by atoms with E-state index in [-0.39, 0.29) is 22.3 Å². The molecule has 0 spiro atoms. The van der Waals surface area contributed by atoms with E-state index in [1.165, 1.54) is 12.1 Å². The van der Waals surface area contributed by atoms with Crippen LogP contribution in [0.3, 0.4) is 0 Å². The predicted molar refractivity (Wildman–Crippen MR) is 65.5 cm³/mol. The summed E-state index contributed by atoms with van der Waals surface area (Å²) in [5.41, 5.74) is -0.787. The fraction of sp³-hybridized carbons (Fsp3) is 0.0769. The van der Waals surface area contributed by atoms with E-state index in [2.05, 4.69) is 4.98 Å². The Kier molecular flexibility index (Phi) is 3.81. The van der Waals surface area contributed by atoms with Crippen LogP contribution in [0, 0.1) is 11.3 Å². The number of nitriles is 1. The normalized spacial score (nSPS) is 10.9. The summed E-state index contributed by atoms with van der Waals surface area (Å²) in [5.74, 6) is -0.217. The van der Waals surface area contributed by atoms with Gasteiger partial charge in [0.05, 0.1) is 11.1 Å². The Morgan fingerprint density at radius 1 is 1.20 bits per heavy atom. The van der Waals surface area contributed by atoms with Gasteiger partial charge in [-0.2, -0.15) is 18.4 Å². The van der Waals surface area contributed by atoms with Crippen LogP contribution in [0.1, 0.15) is 11.1 Å². The SMILES string of the molecule is N#Cc1ccccc1Oc1cc(C(F)(F)F)cc(Cl)n1. The van der Waals surface area contributed by atoms with E-state index in [9.17, 15) is 13.2 Å². The standard InChI is InChI=1S/C13H6ClF3N2O/c14-11-5-9(13(15,16)17)6-12(19-11)20-10-4-2-1-3-8(10)7-18/h1-6H. The van der Waals surface area contributed by atoms with Gasteiger partial charge in [0.15, 0.2) is 0 Å². The molecule has 2 aromatic rings. The zero-order chi connectivity index (χ0) is 14.8. The molecule has 7 heteroatoms. The number of hydrogen-bond acceptors (Lipinski definition) is 3. The highest BCUT2D eigenvalue weighted by molar-refractivity contribution is 6.29. The molecule has 1 aromatic carbocycles. The molecule has 3 nitrogen and oxygen atoms in total. The Balaban J connectivity index is 2.40. The van der Waals surface area contributed by atoms with Crippen LogP contribution in [0.15, 0.2) is 36.4 Å². The van der Waals surface area contributed by atoms with Gasteiger partial charge in [0.25, 0.3) is 0 Å². The largest absolute Gasteiger partial charge is 0.438 e. The van der Waals surface area contributed by atoms with Crippen molar-refractivity contribution in [3.05, 3.63) is 52.7 Å². The fourth-order valence-electron chi connectivity index (χ4n) is 1.45. The number of aromatic nitrogens is 1. The van der Waals surface area contributed by atoms with Gasteiger partial charge in [-0.3, -0.25) is 0 Å². The molecule has 2 rings (SSSR count). The topological polar surface area (TPSA) is 45.9 Å². The average molecular weight is 299 g/mol. The Morgan fingerprint density at radius 2 is 1.90 bits per heavy atom. The van der Waals surface area contributed by atoms with Crippen molar-refractivity contribution in [3.63, 3.8) is 0 Å². The molecule has 0 aliphatic heterocycles. The Labute approximate surface area is 117 Å². The van der Waals surface area contributed by atoms with Crippen molar-refractivity contribution in [2.45, 2.75) is 6.18 Å². The highest BCUT2D eigenvalue weighted by atomic mass is 35.5. The lowest BCUT2D eigenvalue weighted by molar-refractivity contribution is -0.137. The minimum Gasteiger partial charge on any atom is -0.438 e. The van der Waals surface area contributed by atoms with Crippen LogP contribution in [0.4, 0.5) is 13.2 Å². The van der Waals surface area contributed by atoms with E-state index in [1.807, 2.05) is 6.07 Å². The number of halogens is 4. The van der Waals surface area contributed by atoms with Gasteiger partial charge in [-0.05, 0) is 18.2 Å². The lowest BCUT2D eigenvalue weighted by Crippen LogP contribution is -2.06. The smallest absolute Gasteiger partial charge is 0.416 e. The molecule has 1 aromatic heterocycles. The second-order valence-electron chi connectivity index (χ2n) is 3.72.